The third-order valence-electron chi connectivity index (χ3n) is 4.09. The number of esters is 1. The minimum Gasteiger partial charge on any atom is -0.469 e. The molecule has 0 saturated heterocycles. The Balaban J connectivity index is 2.09. The summed E-state index contributed by atoms with van der Waals surface area (Å²) < 4.78 is 6.46. The van der Waals surface area contributed by atoms with E-state index in [0.717, 1.165) is 32.9 Å². The Kier molecular flexibility index (Phi) is 5.51. The van der Waals surface area contributed by atoms with E-state index in [1.165, 1.54) is 31.3 Å². The van der Waals surface area contributed by atoms with Gasteiger partial charge in [0.1, 0.15) is 4.34 Å². The van der Waals surface area contributed by atoms with E-state index in [1.54, 1.807) is 0 Å². The summed E-state index contributed by atoms with van der Waals surface area (Å²) in [6, 6.07) is 1.91. The molecule has 1 heterocycles. The van der Waals surface area contributed by atoms with Crippen molar-refractivity contribution in [1.82, 2.24) is 0 Å². The first kappa shape index (κ1) is 16.3. The molecule has 1 aliphatic rings. The van der Waals surface area contributed by atoms with Crippen LogP contribution >= 0.6 is 38.9 Å². The van der Waals surface area contributed by atoms with Crippen molar-refractivity contribution in [3.8, 4) is 0 Å². The quantitative estimate of drug-likeness (QED) is 0.755. The zero-order valence-electron chi connectivity index (χ0n) is 11.5. The highest BCUT2D eigenvalue weighted by Crippen LogP contribution is 2.48. The third-order valence-corrected chi connectivity index (χ3v) is 6.70. The second-order valence-corrected chi connectivity index (χ2v) is 8.08. The van der Waals surface area contributed by atoms with E-state index < -0.39 is 0 Å². The molecule has 0 amide bonds. The zero-order valence-corrected chi connectivity index (χ0v) is 14.6. The number of hydrogen-bond donors (Lipinski definition) is 1. The van der Waals surface area contributed by atoms with Gasteiger partial charge in [-0.15, -0.1) is 11.3 Å². The summed E-state index contributed by atoms with van der Waals surface area (Å²) in [5.74, 6) is -0.135. The number of carbonyl (C=O) groups excluding carboxylic acids is 1. The second-order valence-electron chi connectivity index (χ2n) is 5.54. The number of rotatable bonds is 5. The molecule has 0 aromatic carbocycles. The lowest BCUT2D eigenvalue weighted by Gasteiger charge is -2.30. The van der Waals surface area contributed by atoms with Crippen LogP contribution in [0.4, 0.5) is 0 Å². The van der Waals surface area contributed by atoms with E-state index >= 15 is 0 Å². The molecule has 0 spiro atoms. The highest BCUT2D eigenvalue weighted by Gasteiger charge is 2.38. The number of ether oxygens (including phenoxy) is 1. The third kappa shape index (κ3) is 3.75. The first-order valence-electron chi connectivity index (χ1n) is 6.73. The van der Waals surface area contributed by atoms with Gasteiger partial charge in [-0.3, -0.25) is 4.79 Å². The molecular weight excluding hydrogens is 362 g/mol. The van der Waals surface area contributed by atoms with Crippen molar-refractivity contribution in [3.63, 3.8) is 0 Å². The molecule has 0 bridgehead atoms. The molecule has 0 radical (unpaired) electrons. The van der Waals surface area contributed by atoms with Crippen molar-refractivity contribution in [2.75, 3.05) is 7.11 Å². The first-order valence-corrected chi connectivity index (χ1v) is 8.72. The van der Waals surface area contributed by atoms with Crippen LogP contribution in [0.5, 0.6) is 0 Å². The fourth-order valence-corrected chi connectivity index (χ4v) is 4.81. The van der Waals surface area contributed by atoms with Crippen molar-refractivity contribution in [1.29, 1.82) is 0 Å². The van der Waals surface area contributed by atoms with Gasteiger partial charge in [-0.05, 0) is 46.7 Å². The van der Waals surface area contributed by atoms with Crippen LogP contribution in [0, 0.1) is 5.41 Å². The molecule has 1 unspecified atom stereocenters. The van der Waals surface area contributed by atoms with Crippen LogP contribution in [-0.2, 0) is 9.53 Å². The summed E-state index contributed by atoms with van der Waals surface area (Å²) in [4.78, 5) is 12.7. The molecule has 20 heavy (non-hydrogen) atoms. The largest absolute Gasteiger partial charge is 0.469 e. The number of hydrogen-bond acceptors (Lipinski definition) is 4. The number of carbonyl (C=O) groups is 1. The molecule has 1 aliphatic carbocycles. The molecule has 112 valence electrons. The maximum Gasteiger partial charge on any atom is 0.306 e. The lowest BCUT2D eigenvalue weighted by atomic mass is 9.77. The molecule has 1 atom stereocenters. The lowest BCUT2D eigenvalue weighted by Crippen LogP contribution is -2.27. The lowest BCUT2D eigenvalue weighted by molar-refractivity contribution is -0.143. The van der Waals surface area contributed by atoms with Crippen molar-refractivity contribution in [2.45, 2.75) is 44.6 Å². The van der Waals surface area contributed by atoms with Crippen molar-refractivity contribution in [2.24, 2.45) is 11.1 Å². The van der Waals surface area contributed by atoms with Crippen LogP contribution in [0.15, 0.2) is 10.5 Å². The first-order chi connectivity index (χ1) is 9.46. The van der Waals surface area contributed by atoms with Gasteiger partial charge in [0.05, 0.1) is 13.5 Å². The smallest absolute Gasteiger partial charge is 0.306 e. The Morgan fingerprint density at radius 3 is 2.75 bits per heavy atom. The zero-order chi connectivity index (χ0) is 14.8. The SMILES string of the molecule is COC(=O)CC1(CC(N)c2cc(Br)c(Cl)s2)CCCC1. The molecule has 1 saturated carbocycles. The molecule has 0 aliphatic heterocycles. The molecule has 3 nitrogen and oxygen atoms in total. The number of nitrogens with two attached hydrogens (primary N) is 1. The van der Waals surface area contributed by atoms with E-state index in [4.69, 9.17) is 22.1 Å². The van der Waals surface area contributed by atoms with Gasteiger partial charge in [-0.2, -0.15) is 0 Å². The fraction of sp³-hybridized carbons (Fsp3) is 0.643. The normalized spacial score (nSPS) is 19.0. The van der Waals surface area contributed by atoms with E-state index in [9.17, 15) is 4.79 Å². The van der Waals surface area contributed by atoms with Crippen LogP contribution < -0.4 is 5.73 Å². The average Bonchev–Trinajstić information content (AvgIpc) is 2.98. The Morgan fingerprint density at radius 2 is 2.25 bits per heavy atom. The van der Waals surface area contributed by atoms with Crippen molar-refractivity contribution >= 4 is 44.8 Å². The average molecular weight is 381 g/mol. The molecular formula is C14H19BrClNO2S. The highest BCUT2D eigenvalue weighted by atomic mass is 79.9. The van der Waals surface area contributed by atoms with Gasteiger partial charge in [-0.1, -0.05) is 24.4 Å². The van der Waals surface area contributed by atoms with Gasteiger partial charge in [0.2, 0.25) is 0 Å². The molecule has 6 heteroatoms. The summed E-state index contributed by atoms with van der Waals surface area (Å²) in [6.07, 6.45) is 5.71. The predicted octanol–water partition coefficient (Wildman–Crippen LogP) is 4.68. The summed E-state index contributed by atoms with van der Waals surface area (Å²) in [5.41, 5.74) is 6.33. The predicted molar refractivity (Wildman–Crippen MR) is 86.1 cm³/mol. The molecule has 1 aromatic rings. The molecule has 2 N–H and O–H groups in total. The van der Waals surface area contributed by atoms with Gasteiger partial charge in [0.25, 0.3) is 0 Å². The summed E-state index contributed by atoms with van der Waals surface area (Å²) in [5, 5.41) is 0. The molecule has 1 aromatic heterocycles. The van der Waals surface area contributed by atoms with Crippen LogP contribution in [-0.4, -0.2) is 13.1 Å². The Morgan fingerprint density at radius 1 is 1.60 bits per heavy atom. The number of thiophene rings is 1. The minimum absolute atomic E-state index is 0.00451. The Hall–Kier alpha value is -0.100. The molecule has 2 rings (SSSR count). The number of methoxy groups -OCH3 is 1. The van der Waals surface area contributed by atoms with E-state index in [2.05, 4.69) is 15.9 Å². The summed E-state index contributed by atoms with van der Waals surface area (Å²) >= 11 is 11.0. The van der Waals surface area contributed by atoms with Crippen LogP contribution in [0.3, 0.4) is 0 Å². The van der Waals surface area contributed by atoms with Gasteiger partial charge in [0.15, 0.2) is 0 Å². The van der Waals surface area contributed by atoms with Gasteiger partial charge in [0, 0.05) is 15.4 Å². The summed E-state index contributed by atoms with van der Waals surface area (Å²) in [6.45, 7) is 0. The topological polar surface area (TPSA) is 52.3 Å². The van der Waals surface area contributed by atoms with Crippen LogP contribution in [0.2, 0.25) is 4.34 Å². The van der Waals surface area contributed by atoms with Gasteiger partial charge < -0.3 is 10.5 Å². The Bertz CT molecular complexity index is 466. The van der Waals surface area contributed by atoms with E-state index in [0.29, 0.717) is 6.42 Å². The van der Waals surface area contributed by atoms with Crippen LogP contribution in [0.25, 0.3) is 0 Å². The standard InChI is InChI=1S/C14H19BrClNO2S/c1-19-12(18)8-14(4-2-3-5-14)7-10(17)11-6-9(15)13(16)20-11/h6,10H,2-5,7-8,17H2,1H3. The van der Waals surface area contributed by atoms with Crippen molar-refractivity contribution < 1.29 is 9.53 Å². The monoisotopic (exact) mass is 379 g/mol. The van der Waals surface area contributed by atoms with E-state index in [1.807, 2.05) is 6.07 Å². The Labute approximate surface area is 137 Å². The fourth-order valence-electron chi connectivity index (χ4n) is 3.07. The minimum atomic E-state index is -0.135. The second kappa shape index (κ2) is 6.77. The van der Waals surface area contributed by atoms with E-state index in [-0.39, 0.29) is 17.4 Å². The molecule has 1 fully saturated rings. The summed E-state index contributed by atoms with van der Waals surface area (Å²) in [7, 11) is 1.45. The van der Waals surface area contributed by atoms with Gasteiger partial charge in [-0.25, -0.2) is 0 Å². The highest BCUT2D eigenvalue weighted by molar-refractivity contribution is 9.10. The maximum absolute atomic E-state index is 11.7. The van der Waals surface area contributed by atoms with Crippen LogP contribution in [0.1, 0.15) is 49.4 Å². The maximum atomic E-state index is 11.7. The van der Waals surface area contributed by atoms with Crippen molar-refractivity contribution in [3.05, 3.63) is 19.8 Å². The number of halogens is 2. The van der Waals surface area contributed by atoms with Gasteiger partial charge >= 0.3 is 5.97 Å².